The molecular weight excluding hydrogens is 358 g/mol. The second-order valence-electron chi connectivity index (χ2n) is 6.54. The number of pyridine rings is 2. The molecule has 0 bridgehead atoms. The molecule has 1 aliphatic heterocycles. The van der Waals surface area contributed by atoms with Gasteiger partial charge in [-0.2, -0.15) is 0 Å². The first kappa shape index (κ1) is 17.8. The number of nitrogens with zero attached hydrogens (tertiary/aromatic N) is 3. The molecule has 0 atom stereocenters. The van der Waals surface area contributed by atoms with Gasteiger partial charge in [0.2, 0.25) is 5.43 Å². The van der Waals surface area contributed by atoms with E-state index >= 15 is 0 Å². The molecule has 1 saturated heterocycles. The molecule has 0 saturated carbocycles. The Labute approximate surface area is 161 Å². The summed E-state index contributed by atoms with van der Waals surface area (Å²) in [6, 6.07) is 10.7. The van der Waals surface area contributed by atoms with Gasteiger partial charge in [-0.3, -0.25) is 4.79 Å². The molecule has 3 heterocycles. The number of aromatic nitrogens is 2. The van der Waals surface area contributed by atoms with Crippen LogP contribution in [0.2, 0.25) is 0 Å². The first-order valence-electron chi connectivity index (χ1n) is 9.07. The van der Waals surface area contributed by atoms with Crippen LogP contribution in [0.3, 0.4) is 0 Å². The molecular formula is C20H21N5O3. The number of methoxy groups -OCH3 is 1. The lowest BCUT2D eigenvalue weighted by atomic mass is 10.2. The van der Waals surface area contributed by atoms with E-state index in [2.05, 4.69) is 20.2 Å². The summed E-state index contributed by atoms with van der Waals surface area (Å²) < 4.78 is 5.17. The zero-order chi connectivity index (χ0) is 19.5. The molecule has 4 rings (SSSR count). The number of carbonyl (C=O) groups excluding carboxylic acids is 1. The average molecular weight is 379 g/mol. The summed E-state index contributed by atoms with van der Waals surface area (Å²) >= 11 is 0. The van der Waals surface area contributed by atoms with Crippen molar-refractivity contribution in [3.8, 4) is 5.75 Å². The van der Waals surface area contributed by atoms with Crippen LogP contribution in [0.25, 0.3) is 10.9 Å². The third kappa shape index (κ3) is 3.48. The van der Waals surface area contributed by atoms with Crippen molar-refractivity contribution in [2.24, 2.45) is 0 Å². The number of piperazine rings is 1. The van der Waals surface area contributed by atoms with E-state index in [0.29, 0.717) is 42.8 Å². The van der Waals surface area contributed by atoms with Crippen molar-refractivity contribution in [3.05, 3.63) is 59.0 Å². The number of benzene rings is 1. The highest BCUT2D eigenvalue weighted by Gasteiger charge is 2.22. The van der Waals surface area contributed by atoms with Crippen molar-refractivity contribution < 1.29 is 9.53 Å². The van der Waals surface area contributed by atoms with E-state index in [9.17, 15) is 9.59 Å². The van der Waals surface area contributed by atoms with Crippen molar-refractivity contribution in [3.63, 3.8) is 0 Å². The topological polar surface area (TPSA) is 90.6 Å². The fourth-order valence-corrected chi connectivity index (χ4v) is 3.29. The maximum atomic E-state index is 12.7. The number of ether oxygens (including phenoxy) is 1. The number of rotatable bonds is 3. The quantitative estimate of drug-likeness (QED) is 0.729. The summed E-state index contributed by atoms with van der Waals surface area (Å²) in [6.07, 6.45) is 3.28. The Balaban J connectivity index is 1.44. The molecule has 0 unspecified atom stereocenters. The fraction of sp³-hybridized carbons (Fsp3) is 0.250. The van der Waals surface area contributed by atoms with Crippen LogP contribution in [0.4, 0.5) is 16.3 Å². The number of anilines is 2. The first-order chi connectivity index (χ1) is 13.7. The summed E-state index contributed by atoms with van der Waals surface area (Å²) in [5, 5.41) is 3.23. The van der Waals surface area contributed by atoms with E-state index in [-0.39, 0.29) is 17.1 Å². The van der Waals surface area contributed by atoms with Gasteiger partial charge in [0.1, 0.15) is 17.3 Å². The molecule has 1 aliphatic rings. The van der Waals surface area contributed by atoms with E-state index in [1.54, 1.807) is 36.4 Å². The zero-order valence-corrected chi connectivity index (χ0v) is 15.5. The second-order valence-corrected chi connectivity index (χ2v) is 6.54. The van der Waals surface area contributed by atoms with Crippen LogP contribution in [0.15, 0.2) is 53.6 Å². The Morgan fingerprint density at radius 2 is 2.00 bits per heavy atom. The van der Waals surface area contributed by atoms with Gasteiger partial charge in [-0.25, -0.2) is 9.78 Å². The molecule has 1 fully saturated rings. The summed E-state index contributed by atoms with van der Waals surface area (Å²) in [4.78, 5) is 36.5. The molecule has 8 nitrogen and oxygen atoms in total. The van der Waals surface area contributed by atoms with Gasteiger partial charge >= 0.3 is 6.03 Å². The minimum atomic E-state index is -0.279. The zero-order valence-electron chi connectivity index (χ0n) is 15.5. The average Bonchev–Trinajstić information content (AvgIpc) is 2.76. The number of hydrogen-bond donors (Lipinski definition) is 2. The van der Waals surface area contributed by atoms with Crippen LogP contribution >= 0.6 is 0 Å². The monoisotopic (exact) mass is 379 g/mol. The lowest BCUT2D eigenvalue weighted by Crippen LogP contribution is -2.50. The summed E-state index contributed by atoms with van der Waals surface area (Å²) in [6.45, 7) is 2.51. The maximum Gasteiger partial charge on any atom is 0.322 e. The number of aromatic amines is 1. The highest BCUT2D eigenvalue weighted by Crippen LogP contribution is 2.18. The lowest BCUT2D eigenvalue weighted by Gasteiger charge is -2.35. The molecule has 2 amide bonds. The number of carbonyl (C=O) groups is 1. The number of fused-ring (bicyclic) bond motifs is 1. The molecule has 0 aliphatic carbocycles. The Morgan fingerprint density at radius 1 is 1.18 bits per heavy atom. The molecule has 2 N–H and O–H groups in total. The third-order valence-corrected chi connectivity index (χ3v) is 4.87. The van der Waals surface area contributed by atoms with Crippen LogP contribution in [-0.4, -0.2) is 54.2 Å². The molecule has 8 heteroatoms. The van der Waals surface area contributed by atoms with Gasteiger partial charge in [-0.15, -0.1) is 0 Å². The van der Waals surface area contributed by atoms with Gasteiger partial charge in [0.05, 0.1) is 12.6 Å². The van der Waals surface area contributed by atoms with Crippen molar-refractivity contribution in [2.45, 2.75) is 0 Å². The predicted molar refractivity (Wildman–Crippen MR) is 108 cm³/mol. The highest BCUT2D eigenvalue weighted by molar-refractivity contribution is 5.92. The summed E-state index contributed by atoms with van der Waals surface area (Å²) in [7, 11) is 1.57. The van der Waals surface area contributed by atoms with E-state index in [1.165, 1.54) is 6.20 Å². The molecule has 1 aromatic carbocycles. The van der Waals surface area contributed by atoms with Crippen LogP contribution in [-0.2, 0) is 0 Å². The Hall–Kier alpha value is -3.55. The van der Waals surface area contributed by atoms with Crippen LogP contribution in [0, 0.1) is 0 Å². The number of amides is 2. The van der Waals surface area contributed by atoms with Crippen molar-refractivity contribution >= 4 is 28.4 Å². The molecule has 144 valence electrons. The van der Waals surface area contributed by atoms with Gasteiger partial charge in [0, 0.05) is 50.0 Å². The van der Waals surface area contributed by atoms with Gasteiger partial charge in [-0.1, -0.05) is 6.07 Å². The first-order valence-corrected chi connectivity index (χ1v) is 9.07. The van der Waals surface area contributed by atoms with Crippen molar-refractivity contribution in [2.75, 3.05) is 43.5 Å². The molecule has 0 radical (unpaired) electrons. The van der Waals surface area contributed by atoms with Crippen LogP contribution < -0.4 is 20.4 Å². The maximum absolute atomic E-state index is 12.7. The molecule has 3 aromatic rings. The van der Waals surface area contributed by atoms with Gasteiger partial charge in [-0.05, 0) is 24.3 Å². The number of H-pyrrole nitrogens is 1. The Bertz CT molecular complexity index is 1040. The van der Waals surface area contributed by atoms with Crippen LogP contribution in [0.1, 0.15) is 0 Å². The largest absolute Gasteiger partial charge is 0.497 e. The van der Waals surface area contributed by atoms with E-state index < -0.39 is 0 Å². The van der Waals surface area contributed by atoms with Crippen molar-refractivity contribution in [1.82, 2.24) is 14.9 Å². The van der Waals surface area contributed by atoms with E-state index in [4.69, 9.17) is 4.74 Å². The SMILES string of the molecule is COc1ccc2c(=O)c(NC(=O)N3CCN(c4ccccn4)CC3)c[nH]c2c1. The third-order valence-electron chi connectivity index (χ3n) is 4.87. The summed E-state index contributed by atoms with van der Waals surface area (Å²) in [5.41, 5.74) is 0.665. The minimum Gasteiger partial charge on any atom is -0.497 e. The smallest absolute Gasteiger partial charge is 0.322 e. The fourth-order valence-electron chi connectivity index (χ4n) is 3.29. The predicted octanol–water partition coefficient (Wildman–Crippen LogP) is 2.29. The van der Waals surface area contributed by atoms with Gasteiger partial charge in [0.15, 0.2) is 0 Å². The standard InChI is InChI=1S/C20H21N5O3/c1-28-14-5-6-15-16(12-14)22-13-17(19(15)26)23-20(27)25-10-8-24(9-11-25)18-4-2-3-7-21-18/h2-7,12-13H,8-11H2,1H3,(H,22,26)(H,23,27). The number of urea groups is 1. The molecule has 2 aromatic heterocycles. The molecule has 28 heavy (non-hydrogen) atoms. The number of nitrogens with one attached hydrogen (secondary N) is 2. The second kappa shape index (κ2) is 7.59. The minimum absolute atomic E-state index is 0.225. The van der Waals surface area contributed by atoms with E-state index in [0.717, 1.165) is 5.82 Å². The van der Waals surface area contributed by atoms with E-state index in [1.807, 2.05) is 18.2 Å². The van der Waals surface area contributed by atoms with Crippen molar-refractivity contribution in [1.29, 1.82) is 0 Å². The van der Waals surface area contributed by atoms with Crippen LogP contribution in [0.5, 0.6) is 5.75 Å². The summed E-state index contributed by atoms with van der Waals surface area (Å²) in [5.74, 6) is 1.56. The van der Waals surface area contributed by atoms with Gasteiger partial charge in [0.25, 0.3) is 0 Å². The Kier molecular flexibility index (Phi) is 4.84. The highest BCUT2D eigenvalue weighted by atomic mass is 16.5. The molecule has 0 spiro atoms. The lowest BCUT2D eigenvalue weighted by molar-refractivity contribution is 0.208. The number of hydrogen-bond acceptors (Lipinski definition) is 5. The van der Waals surface area contributed by atoms with Gasteiger partial charge < -0.3 is 24.8 Å². The normalized spacial score (nSPS) is 14.2. The Morgan fingerprint density at radius 3 is 2.71 bits per heavy atom.